The van der Waals surface area contributed by atoms with Crippen molar-refractivity contribution in [3.63, 3.8) is 0 Å². The highest BCUT2D eigenvalue weighted by Gasteiger charge is 2.18. The molecule has 4 rings (SSSR count). The van der Waals surface area contributed by atoms with Gasteiger partial charge >= 0.3 is 0 Å². The van der Waals surface area contributed by atoms with Crippen LogP contribution in [0.15, 0.2) is 75.9 Å². The fourth-order valence-electron chi connectivity index (χ4n) is 3.13. The van der Waals surface area contributed by atoms with Crippen LogP contribution in [-0.2, 0) is 6.61 Å². The molecule has 0 N–H and O–H groups in total. The number of fused-ring (bicyclic) bond motifs is 1. The maximum Gasteiger partial charge on any atom is 0.235 e. The Morgan fingerprint density at radius 1 is 0.929 bits per heavy atom. The minimum atomic E-state index is -0.176. The van der Waals surface area contributed by atoms with Gasteiger partial charge in [0.2, 0.25) is 11.2 Å². The normalized spacial score (nSPS) is 11.0. The van der Waals surface area contributed by atoms with Crippen LogP contribution >= 0.6 is 11.6 Å². The average molecular weight is 391 g/mol. The summed E-state index contributed by atoms with van der Waals surface area (Å²) in [6, 6.07) is 20.7. The molecule has 0 spiro atoms. The number of benzene rings is 3. The SMILES string of the molecule is Cc1cc2oc(-c3ccccc3)c(OCc3cccc(Cl)c3)c(=O)c2cc1C. The molecule has 1 aromatic heterocycles. The van der Waals surface area contributed by atoms with Crippen LogP contribution in [0.3, 0.4) is 0 Å². The highest BCUT2D eigenvalue weighted by atomic mass is 35.5. The van der Waals surface area contributed by atoms with Crippen LogP contribution in [0.4, 0.5) is 0 Å². The van der Waals surface area contributed by atoms with Crippen molar-refractivity contribution in [3.8, 4) is 17.1 Å². The van der Waals surface area contributed by atoms with E-state index in [0.29, 0.717) is 21.8 Å². The molecule has 28 heavy (non-hydrogen) atoms. The maximum absolute atomic E-state index is 13.3. The first-order chi connectivity index (χ1) is 13.5. The largest absolute Gasteiger partial charge is 0.481 e. The second kappa shape index (κ2) is 7.53. The van der Waals surface area contributed by atoms with Crippen molar-refractivity contribution in [2.45, 2.75) is 20.5 Å². The molecule has 0 amide bonds. The van der Waals surface area contributed by atoms with E-state index in [2.05, 4.69) is 0 Å². The molecular formula is C24H19ClO3. The van der Waals surface area contributed by atoms with Crippen LogP contribution in [0.25, 0.3) is 22.3 Å². The minimum Gasteiger partial charge on any atom is -0.481 e. The maximum atomic E-state index is 13.3. The van der Waals surface area contributed by atoms with Gasteiger partial charge in [-0.1, -0.05) is 54.1 Å². The first kappa shape index (κ1) is 18.3. The topological polar surface area (TPSA) is 39.4 Å². The molecule has 3 nitrogen and oxygen atoms in total. The zero-order chi connectivity index (χ0) is 19.7. The summed E-state index contributed by atoms with van der Waals surface area (Å²) in [5, 5.41) is 1.14. The molecule has 4 aromatic rings. The molecule has 0 atom stereocenters. The van der Waals surface area contributed by atoms with E-state index in [9.17, 15) is 4.79 Å². The Bertz CT molecular complexity index is 1210. The standard InChI is InChI=1S/C24H19ClO3/c1-15-11-20-21(12-16(15)2)28-23(18-8-4-3-5-9-18)24(22(20)26)27-14-17-7-6-10-19(25)13-17/h3-13H,14H2,1-2H3. The number of ether oxygens (including phenoxy) is 1. The summed E-state index contributed by atoms with van der Waals surface area (Å²) in [6.45, 7) is 4.20. The zero-order valence-electron chi connectivity index (χ0n) is 15.7. The lowest BCUT2D eigenvalue weighted by atomic mass is 10.0. The van der Waals surface area contributed by atoms with Gasteiger partial charge in [0.05, 0.1) is 5.39 Å². The summed E-state index contributed by atoms with van der Waals surface area (Å²) in [5.74, 6) is 0.644. The number of halogens is 1. The summed E-state index contributed by atoms with van der Waals surface area (Å²) in [7, 11) is 0. The molecule has 0 saturated heterocycles. The molecule has 3 aromatic carbocycles. The van der Waals surface area contributed by atoms with E-state index in [-0.39, 0.29) is 17.8 Å². The average Bonchev–Trinajstić information content (AvgIpc) is 2.69. The molecule has 0 aliphatic rings. The fraction of sp³-hybridized carbons (Fsp3) is 0.125. The van der Waals surface area contributed by atoms with Gasteiger partial charge in [-0.2, -0.15) is 0 Å². The number of hydrogen-bond acceptors (Lipinski definition) is 3. The highest BCUT2D eigenvalue weighted by Crippen LogP contribution is 2.32. The van der Waals surface area contributed by atoms with Gasteiger partial charge in [0.15, 0.2) is 5.76 Å². The summed E-state index contributed by atoms with van der Waals surface area (Å²) in [6.07, 6.45) is 0. The molecule has 4 heteroatoms. The molecular weight excluding hydrogens is 372 g/mol. The van der Waals surface area contributed by atoms with E-state index in [1.54, 1.807) is 6.07 Å². The van der Waals surface area contributed by atoms with Crippen LogP contribution in [0.1, 0.15) is 16.7 Å². The number of rotatable bonds is 4. The summed E-state index contributed by atoms with van der Waals surface area (Å²) in [4.78, 5) is 13.3. The van der Waals surface area contributed by atoms with E-state index in [1.165, 1.54) is 0 Å². The van der Waals surface area contributed by atoms with Gasteiger partial charge in [-0.05, 0) is 54.8 Å². The third-order valence-corrected chi connectivity index (χ3v) is 5.01. The second-order valence-electron chi connectivity index (χ2n) is 6.81. The lowest BCUT2D eigenvalue weighted by molar-refractivity contribution is 0.298. The van der Waals surface area contributed by atoms with Crippen molar-refractivity contribution in [1.29, 1.82) is 0 Å². The second-order valence-corrected chi connectivity index (χ2v) is 7.24. The van der Waals surface area contributed by atoms with Crippen molar-refractivity contribution in [1.82, 2.24) is 0 Å². The molecule has 0 saturated carbocycles. The quantitative estimate of drug-likeness (QED) is 0.410. The predicted octanol–water partition coefficient (Wildman–Crippen LogP) is 6.31. The van der Waals surface area contributed by atoms with Gasteiger partial charge in [-0.25, -0.2) is 0 Å². The Morgan fingerprint density at radius 3 is 2.43 bits per heavy atom. The van der Waals surface area contributed by atoms with Crippen molar-refractivity contribution in [2.75, 3.05) is 0 Å². The van der Waals surface area contributed by atoms with Crippen LogP contribution in [-0.4, -0.2) is 0 Å². The van der Waals surface area contributed by atoms with Gasteiger partial charge in [-0.15, -0.1) is 0 Å². The van der Waals surface area contributed by atoms with Crippen LogP contribution in [0, 0.1) is 13.8 Å². The van der Waals surface area contributed by atoms with E-state index < -0.39 is 0 Å². The van der Waals surface area contributed by atoms with E-state index in [4.69, 9.17) is 20.8 Å². The predicted molar refractivity (Wildman–Crippen MR) is 113 cm³/mol. The molecule has 140 valence electrons. The van der Waals surface area contributed by atoms with Crippen molar-refractivity contribution >= 4 is 22.6 Å². The molecule has 0 bridgehead atoms. The van der Waals surface area contributed by atoms with Crippen LogP contribution < -0.4 is 10.2 Å². The monoisotopic (exact) mass is 390 g/mol. The first-order valence-corrected chi connectivity index (χ1v) is 9.41. The van der Waals surface area contributed by atoms with E-state index in [1.807, 2.05) is 74.5 Å². The highest BCUT2D eigenvalue weighted by molar-refractivity contribution is 6.30. The van der Waals surface area contributed by atoms with Crippen molar-refractivity contribution in [3.05, 3.63) is 98.7 Å². The molecule has 0 aliphatic carbocycles. The Kier molecular flexibility index (Phi) is 4.93. The van der Waals surface area contributed by atoms with Gasteiger partial charge in [0.25, 0.3) is 0 Å². The van der Waals surface area contributed by atoms with Crippen molar-refractivity contribution in [2.24, 2.45) is 0 Å². The molecule has 0 unspecified atom stereocenters. The third kappa shape index (κ3) is 3.54. The summed E-state index contributed by atoms with van der Waals surface area (Å²) < 4.78 is 12.1. The molecule has 1 heterocycles. The van der Waals surface area contributed by atoms with E-state index in [0.717, 1.165) is 22.3 Å². The summed E-state index contributed by atoms with van der Waals surface area (Å²) >= 11 is 6.06. The van der Waals surface area contributed by atoms with E-state index >= 15 is 0 Å². The molecule has 0 aliphatic heterocycles. The molecule has 0 fully saturated rings. The van der Waals surface area contributed by atoms with Gasteiger partial charge in [0.1, 0.15) is 12.2 Å². The Labute approximate surface area is 168 Å². The van der Waals surface area contributed by atoms with Crippen LogP contribution in [0.5, 0.6) is 5.75 Å². The lowest BCUT2D eigenvalue weighted by Gasteiger charge is -2.13. The first-order valence-electron chi connectivity index (χ1n) is 9.03. The smallest absolute Gasteiger partial charge is 0.235 e. The zero-order valence-corrected chi connectivity index (χ0v) is 16.4. The minimum absolute atomic E-state index is 0.176. The van der Waals surface area contributed by atoms with Gasteiger partial charge in [0, 0.05) is 10.6 Å². The van der Waals surface area contributed by atoms with Crippen molar-refractivity contribution < 1.29 is 9.15 Å². The Hall–Kier alpha value is -3.04. The number of hydrogen-bond donors (Lipinski definition) is 0. The summed E-state index contributed by atoms with van der Waals surface area (Å²) in [5.41, 5.74) is 4.16. The van der Waals surface area contributed by atoms with Gasteiger partial charge < -0.3 is 9.15 Å². The van der Waals surface area contributed by atoms with Crippen LogP contribution in [0.2, 0.25) is 5.02 Å². The molecule has 0 radical (unpaired) electrons. The third-order valence-electron chi connectivity index (χ3n) is 4.77. The van der Waals surface area contributed by atoms with Gasteiger partial charge in [-0.3, -0.25) is 4.79 Å². The lowest BCUT2D eigenvalue weighted by Crippen LogP contribution is -2.10. The number of aryl methyl sites for hydroxylation is 2. The Morgan fingerprint density at radius 2 is 1.68 bits per heavy atom. The fourth-order valence-corrected chi connectivity index (χ4v) is 3.34. The Balaban J connectivity index is 1.87.